The van der Waals surface area contributed by atoms with Gasteiger partial charge in [-0.15, -0.1) is 0 Å². The van der Waals surface area contributed by atoms with E-state index in [1.807, 2.05) is 24.5 Å². The zero-order valence-electron chi connectivity index (χ0n) is 16.2. The molecule has 3 heteroatoms. The topological polar surface area (TPSA) is 30.7 Å². The van der Waals surface area contributed by atoms with Gasteiger partial charge in [-0.2, -0.15) is 0 Å². The minimum Gasteiger partial charge on any atom is -0.317 e. The molecule has 0 saturated carbocycles. The quantitative estimate of drug-likeness (QED) is 0.463. The molecular weight excluding hydrogens is 330 g/mol. The molecule has 4 aromatic rings. The second-order valence-electron chi connectivity index (χ2n) is 7.16. The van der Waals surface area contributed by atoms with Crippen LogP contribution in [0.15, 0.2) is 67.0 Å². The van der Waals surface area contributed by atoms with Crippen molar-refractivity contribution < 1.29 is 0 Å². The van der Waals surface area contributed by atoms with Crippen LogP contribution in [0.1, 0.15) is 22.5 Å². The van der Waals surface area contributed by atoms with Gasteiger partial charge in [-0.3, -0.25) is 9.97 Å². The van der Waals surface area contributed by atoms with E-state index in [-0.39, 0.29) is 0 Å². The number of aryl methyl sites for hydroxylation is 4. The maximum Gasteiger partial charge on any atom is 0.0887 e. The van der Waals surface area contributed by atoms with E-state index in [4.69, 9.17) is 0 Å². The van der Waals surface area contributed by atoms with Gasteiger partial charge in [0.15, 0.2) is 0 Å². The Morgan fingerprint density at radius 1 is 0.593 bits per heavy atom. The predicted octanol–water partition coefficient (Wildman–Crippen LogP) is 5.83. The Morgan fingerprint density at radius 3 is 1.70 bits per heavy atom. The van der Waals surface area contributed by atoms with Crippen molar-refractivity contribution in [1.29, 1.82) is 0 Å². The van der Waals surface area contributed by atoms with Crippen LogP contribution in [0.2, 0.25) is 0 Å². The molecule has 0 radical (unpaired) electrons. The summed E-state index contributed by atoms with van der Waals surface area (Å²) >= 11 is 0. The van der Waals surface area contributed by atoms with Gasteiger partial charge in [0.2, 0.25) is 0 Å². The van der Waals surface area contributed by atoms with Crippen LogP contribution in [0.25, 0.3) is 28.2 Å². The molecule has 3 heterocycles. The van der Waals surface area contributed by atoms with Gasteiger partial charge in [-0.05, 0) is 63.6 Å². The molecule has 0 spiro atoms. The lowest BCUT2D eigenvalue weighted by atomic mass is 10.0. The van der Waals surface area contributed by atoms with Crippen LogP contribution in [0, 0.1) is 27.7 Å². The van der Waals surface area contributed by atoms with Gasteiger partial charge in [0, 0.05) is 23.1 Å². The molecule has 0 aliphatic heterocycles. The fourth-order valence-electron chi connectivity index (χ4n) is 3.60. The Hall–Kier alpha value is -3.20. The highest BCUT2D eigenvalue weighted by Crippen LogP contribution is 2.24. The molecule has 4 rings (SSSR count). The van der Waals surface area contributed by atoms with Crippen molar-refractivity contribution in [2.24, 2.45) is 0 Å². The van der Waals surface area contributed by atoms with Crippen LogP contribution < -0.4 is 0 Å². The second-order valence-corrected chi connectivity index (χ2v) is 7.16. The van der Waals surface area contributed by atoms with Gasteiger partial charge in [0.1, 0.15) is 0 Å². The first-order chi connectivity index (χ1) is 13.0. The predicted molar refractivity (Wildman–Crippen MR) is 111 cm³/mol. The summed E-state index contributed by atoms with van der Waals surface area (Å²) < 4.78 is 2.20. The van der Waals surface area contributed by atoms with E-state index in [9.17, 15) is 0 Å². The number of nitrogens with zero attached hydrogens (tertiary/aromatic N) is 3. The van der Waals surface area contributed by atoms with Gasteiger partial charge >= 0.3 is 0 Å². The Balaban J connectivity index is 1.62. The zero-order valence-corrected chi connectivity index (χ0v) is 16.2. The van der Waals surface area contributed by atoms with Crippen molar-refractivity contribution in [1.82, 2.24) is 14.5 Å². The molecule has 0 unspecified atom stereocenters. The van der Waals surface area contributed by atoms with Crippen LogP contribution in [0.3, 0.4) is 0 Å². The highest BCUT2D eigenvalue weighted by molar-refractivity contribution is 5.67. The van der Waals surface area contributed by atoms with Gasteiger partial charge in [0.05, 0.1) is 23.3 Å². The lowest BCUT2D eigenvalue weighted by Gasteiger charge is -2.10. The molecule has 3 nitrogen and oxygen atoms in total. The van der Waals surface area contributed by atoms with Gasteiger partial charge in [-0.1, -0.05) is 35.4 Å². The molecule has 0 aliphatic rings. The summed E-state index contributed by atoms with van der Waals surface area (Å²) in [6.45, 7) is 8.46. The van der Waals surface area contributed by atoms with Crippen molar-refractivity contribution in [2.45, 2.75) is 27.7 Å². The average molecular weight is 353 g/mol. The second kappa shape index (κ2) is 6.84. The van der Waals surface area contributed by atoms with E-state index in [1.165, 1.54) is 28.1 Å². The maximum atomic E-state index is 4.64. The Bertz CT molecular complexity index is 1050. The highest BCUT2D eigenvalue weighted by Gasteiger charge is 2.07. The Labute approximate surface area is 160 Å². The first-order valence-corrected chi connectivity index (χ1v) is 9.18. The van der Waals surface area contributed by atoms with E-state index in [0.717, 1.165) is 22.6 Å². The van der Waals surface area contributed by atoms with Gasteiger partial charge in [-0.25, -0.2) is 0 Å². The molecule has 0 fully saturated rings. The first-order valence-electron chi connectivity index (χ1n) is 9.18. The van der Waals surface area contributed by atoms with Crippen molar-refractivity contribution >= 4 is 0 Å². The minimum atomic E-state index is 0.883. The molecular formula is C24H23N3. The minimum absolute atomic E-state index is 0.883. The smallest absolute Gasteiger partial charge is 0.0887 e. The molecule has 3 aromatic heterocycles. The molecule has 0 atom stereocenters. The average Bonchev–Trinajstić information content (AvgIpc) is 3.00. The molecule has 1 aromatic carbocycles. The summed E-state index contributed by atoms with van der Waals surface area (Å²) in [4.78, 5) is 9.28. The number of rotatable bonds is 3. The standard InChI is InChI=1S/C24H23N3/c1-16-11-17(2)13-21(12-16)20-7-9-23(25-14-20)24-10-8-22(15-26-24)27-18(3)5-6-19(27)4/h5-15H,1-4H3. The van der Waals surface area contributed by atoms with Crippen LogP contribution in [0.4, 0.5) is 0 Å². The van der Waals surface area contributed by atoms with E-state index in [0.29, 0.717) is 0 Å². The fourth-order valence-corrected chi connectivity index (χ4v) is 3.60. The van der Waals surface area contributed by atoms with E-state index in [2.05, 4.69) is 84.7 Å². The van der Waals surface area contributed by atoms with Crippen LogP contribution in [0.5, 0.6) is 0 Å². The van der Waals surface area contributed by atoms with Crippen molar-refractivity contribution in [2.75, 3.05) is 0 Å². The summed E-state index contributed by atoms with van der Waals surface area (Å²) in [5.74, 6) is 0. The summed E-state index contributed by atoms with van der Waals surface area (Å²) in [6, 6.07) is 19.1. The fraction of sp³-hybridized carbons (Fsp3) is 0.167. The van der Waals surface area contributed by atoms with Crippen molar-refractivity contribution in [3.8, 4) is 28.2 Å². The number of benzene rings is 1. The molecule has 27 heavy (non-hydrogen) atoms. The van der Waals surface area contributed by atoms with Gasteiger partial charge in [0.25, 0.3) is 0 Å². The number of hydrogen-bond donors (Lipinski definition) is 0. The molecule has 0 bridgehead atoms. The monoisotopic (exact) mass is 353 g/mol. The van der Waals surface area contributed by atoms with E-state index >= 15 is 0 Å². The number of hydrogen-bond acceptors (Lipinski definition) is 2. The summed E-state index contributed by atoms with van der Waals surface area (Å²) in [5.41, 5.74) is 10.1. The summed E-state index contributed by atoms with van der Waals surface area (Å²) in [7, 11) is 0. The summed E-state index contributed by atoms with van der Waals surface area (Å²) in [6.07, 6.45) is 3.84. The highest BCUT2D eigenvalue weighted by atomic mass is 15.0. The number of pyridine rings is 2. The third-order valence-corrected chi connectivity index (χ3v) is 4.86. The Morgan fingerprint density at radius 2 is 1.19 bits per heavy atom. The third kappa shape index (κ3) is 3.41. The third-order valence-electron chi connectivity index (χ3n) is 4.86. The summed E-state index contributed by atoms with van der Waals surface area (Å²) in [5, 5.41) is 0. The molecule has 0 amide bonds. The molecule has 134 valence electrons. The largest absolute Gasteiger partial charge is 0.317 e. The lowest BCUT2D eigenvalue weighted by molar-refractivity contribution is 0.956. The molecule has 0 N–H and O–H groups in total. The molecule has 0 aliphatic carbocycles. The maximum absolute atomic E-state index is 4.64. The van der Waals surface area contributed by atoms with Crippen LogP contribution in [-0.4, -0.2) is 14.5 Å². The first kappa shape index (κ1) is 17.2. The van der Waals surface area contributed by atoms with Crippen molar-refractivity contribution in [3.63, 3.8) is 0 Å². The van der Waals surface area contributed by atoms with E-state index in [1.54, 1.807) is 0 Å². The SMILES string of the molecule is Cc1cc(C)cc(-c2ccc(-c3ccc(-n4c(C)ccc4C)cn3)nc2)c1. The van der Waals surface area contributed by atoms with Crippen molar-refractivity contribution in [3.05, 3.63) is 89.5 Å². The van der Waals surface area contributed by atoms with Gasteiger partial charge < -0.3 is 4.57 Å². The Kier molecular flexibility index (Phi) is 4.36. The van der Waals surface area contributed by atoms with E-state index < -0.39 is 0 Å². The van der Waals surface area contributed by atoms with Crippen LogP contribution in [-0.2, 0) is 0 Å². The molecule has 0 saturated heterocycles. The van der Waals surface area contributed by atoms with Crippen LogP contribution >= 0.6 is 0 Å². The zero-order chi connectivity index (χ0) is 19.0. The normalized spacial score (nSPS) is 11.0. The number of aromatic nitrogens is 3. The lowest BCUT2D eigenvalue weighted by Crippen LogP contribution is -1.99.